The number of amides is 2. The number of methoxy groups -OCH3 is 1. The molecule has 0 saturated carbocycles. The van der Waals surface area contributed by atoms with Crippen LogP contribution in [0, 0.1) is 0 Å². The highest BCUT2D eigenvalue weighted by Crippen LogP contribution is 2.24. The van der Waals surface area contributed by atoms with Crippen molar-refractivity contribution in [1.82, 2.24) is 20.5 Å². The molecule has 11 heteroatoms. The van der Waals surface area contributed by atoms with Crippen LogP contribution < -0.4 is 20.3 Å². The van der Waals surface area contributed by atoms with Gasteiger partial charge < -0.3 is 9.64 Å². The van der Waals surface area contributed by atoms with Crippen molar-refractivity contribution in [2.45, 2.75) is 4.90 Å². The SMILES string of the molecule is COc1ccc(C(=O)NNC(=O)c2ccc(Br)cc2)cc1S(=O)(=O)NCCN(C)C. The summed E-state index contributed by atoms with van der Waals surface area (Å²) in [6.45, 7) is 0.696. The van der Waals surface area contributed by atoms with Crippen molar-refractivity contribution < 1.29 is 22.7 Å². The lowest BCUT2D eigenvalue weighted by molar-refractivity contribution is 0.0846. The van der Waals surface area contributed by atoms with Crippen LogP contribution in [0.5, 0.6) is 5.75 Å². The Hall–Kier alpha value is -2.47. The zero-order chi connectivity index (χ0) is 22.3. The van der Waals surface area contributed by atoms with E-state index < -0.39 is 21.8 Å². The molecule has 2 aromatic rings. The number of sulfonamides is 1. The Kier molecular flexibility index (Phi) is 8.35. The number of halogens is 1. The predicted octanol–water partition coefficient (Wildman–Crippen LogP) is 1.37. The normalized spacial score (nSPS) is 11.2. The number of hydrazine groups is 1. The van der Waals surface area contributed by atoms with Crippen molar-refractivity contribution in [3.63, 3.8) is 0 Å². The first-order valence-electron chi connectivity index (χ1n) is 8.82. The molecule has 0 fully saturated rings. The highest BCUT2D eigenvalue weighted by Gasteiger charge is 2.21. The second kappa shape index (κ2) is 10.5. The summed E-state index contributed by atoms with van der Waals surface area (Å²) in [7, 11) is 1.08. The molecule has 0 heterocycles. The van der Waals surface area contributed by atoms with E-state index in [4.69, 9.17) is 4.74 Å². The number of carbonyl (C=O) groups excluding carboxylic acids is 2. The molecule has 0 aromatic heterocycles. The van der Waals surface area contributed by atoms with Gasteiger partial charge in [0.2, 0.25) is 10.0 Å². The number of nitrogens with zero attached hydrogens (tertiary/aromatic N) is 1. The third-order valence-electron chi connectivity index (χ3n) is 3.96. The van der Waals surface area contributed by atoms with Crippen LogP contribution in [0.2, 0.25) is 0 Å². The van der Waals surface area contributed by atoms with E-state index in [2.05, 4.69) is 31.5 Å². The summed E-state index contributed by atoms with van der Waals surface area (Å²) >= 11 is 3.28. The fraction of sp³-hybridized carbons (Fsp3) is 0.263. The second-order valence-corrected chi connectivity index (χ2v) is 9.13. The molecule has 0 saturated heterocycles. The number of nitrogens with one attached hydrogen (secondary N) is 3. The van der Waals surface area contributed by atoms with Crippen LogP contribution in [0.4, 0.5) is 0 Å². The molecule has 3 N–H and O–H groups in total. The van der Waals surface area contributed by atoms with Gasteiger partial charge in [-0.2, -0.15) is 0 Å². The maximum absolute atomic E-state index is 12.6. The first-order valence-corrected chi connectivity index (χ1v) is 11.1. The molecule has 30 heavy (non-hydrogen) atoms. The molecular formula is C19H23BrN4O5S. The summed E-state index contributed by atoms with van der Waals surface area (Å²) in [4.78, 5) is 26.2. The highest BCUT2D eigenvalue weighted by atomic mass is 79.9. The fourth-order valence-corrected chi connectivity index (χ4v) is 3.85. The first kappa shape index (κ1) is 23.8. The van der Waals surface area contributed by atoms with Gasteiger partial charge in [0.15, 0.2) is 0 Å². The van der Waals surface area contributed by atoms with Crippen LogP contribution in [0.3, 0.4) is 0 Å². The number of benzene rings is 2. The van der Waals surface area contributed by atoms with Crippen LogP contribution in [0.25, 0.3) is 0 Å². The smallest absolute Gasteiger partial charge is 0.269 e. The third kappa shape index (κ3) is 6.52. The molecule has 9 nitrogen and oxygen atoms in total. The van der Waals surface area contributed by atoms with E-state index in [0.717, 1.165) is 4.47 Å². The Morgan fingerprint density at radius 3 is 2.13 bits per heavy atom. The lowest BCUT2D eigenvalue weighted by Crippen LogP contribution is -2.41. The Balaban J connectivity index is 2.13. The van der Waals surface area contributed by atoms with E-state index in [1.54, 1.807) is 24.3 Å². The molecule has 0 atom stereocenters. The average molecular weight is 499 g/mol. The summed E-state index contributed by atoms with van der Waals surface area (Å²) in [6.07, 6.45) is 0. The fourth-order valence-electron chi connectivity index (χ4n) is 2.37. The van der Waals surface area contributed by atoms with Crippen LogP contribution in [0.1, 0.15) is 20.7 Å². The zero-order valence-corrected chi connectivity index (χ0v) is 19.1. The van der Waals surface area contributed by atoms with Gasteiger partial charge in [0.05, 0.1) is 7.11 Å². The zero-order valence-electron chi connectivity index (χ0n) is 16.7. The number of carbonyl (C=O) groups is 2. The first-order chi connectivity index (χ1) is 14.1. The van der Waals surface area contributed by atoms with Gasteiger partial charge in [-0.15, -0.1) is 0 Å². The van der Waals surface area contributed by atoms with Gasteiger partial charge in [0, 0.05) is 28.7 Å². The van der Waals surface area contributed by atoms with Crippen molar-refractivity contribution in [3.8, 4) is 5.75 Å². The van der Waals surface area contributed by atoms with Gasteiger partial charge in [0.25, 0.3) is 11.8 Å². The summed E-state index contributed by atoms with van der Waals surface area (Å²) < 4.78 is 33.7. The maximum Gasteiger partial charge on any atom is 0.269 e. The lowest BCUT2D eigenvalue weighted by atomic mass is 10.2. The topological polar surface area (TPSA) is 117 Å². The minimum atomic E-state index is -3.91. The Morgan fingerprint density at radius 2 is 1.57 bits per heavy atom. The van der Waals surface area contributed by atoms with Gasteiger partial charge >= 0.3 is 0 Å². The molecule has 0 aliphatic carbocycles. The molecule has 0 aliphatic rings. The molecule has 2 amide bonds. The molecule has 0 unspecified atom stereocenters. The van der Waals surface area contributed by atoms with Crippen molar-refractivity contribution in [2.75, 3.05) is 34.3 Å². The van der Waals surface area contributed by atoms with Gasteiger partial charge in [-0.05, 0) is 56.6 Å². The number of hydrogen-bond acceptors (Lipinski definition) is 6. The van der Waals surface area contributed by atoms with Gasteiger partial charge in [-0.25, -0.2) is 13.1 Å². The summed E-state index contributed by atoms with van der Waals surface area (Å²) in [6, 6.07) is 10.5. The van der Waals surface area contributed by atoms with E-state index in [9.17, 15) is 18.0 Å². The average Bonchev–Trinajstić information content (AvgIpc) is 2.71. The molecule has 2 aromatic carbocycles. The minimum absolute atomic E-state index is 0.0416. The standard InChI is InChI=1S/C19H23BrN4O5S/c1-24(2)11-10-21-30(27,28)17-12-14(6-9-16(17)29-3)19(26)23-22-18(25)13-4-7-15(20)8-5-13/h4-9,12,21H,10-11H2,1-3H3,(H,22,25)(H,23,26). The minimum Gasteiger partial charge on any atom is -0.495 e. The van der Waals surface area contributed by atoms with Crippen molar-refractivity contribution in [1.29, 1.82) is 0 Å². The lowest BCUT2D eigenvalue weighted by Gasteiger charge is -2.14. The van der Waals surface area contributed by atoms with E-state index in [1.165, 1.54) is 25.3 Å². The molecule has 0 spiro atoms. The van der Waals surface area contributed by atoms with Crippen molar-refractivity contribution in [2.24, 2.45) is 0 Å². The van der Waals surface area contributed by atoms with Crippen LogP contribution in [-0.2, 0) is 10.0 Å². The van der Waals surface area contributed by atoms with Gasteiger partial charge in [0.1, 0.15) is 10.6 Å². The number of rotatable bonds is 8. The summed E-state index contributed by atoms with van der Waals surface area (Å²) in [5.74, 6) is -1.08. The third-order valence-corrected chi connectivity index (χ3v) is 5.97. The largest absolute Gasteiger partial charge is 0.495 e. The molecule has 2 rings (SSSR count). The van der Waals surface area contributed by atoms with Gasteiger partial charge in [-0.3, -0.25) is 20.4 Å². The van der Waals surface area contributed by atoms with E-state index in [1.807, 2.05) is 19.0 Å². The Morgan fingerprint density at radius 1 is 1.00 bits per heavy atom. The van der Waals surface area contributed by atoms with E-state index in [-0.39, 0.29) is 22.8 Å². The Bertz CT molecular complexity index is 1010. The summed E-state index contributed by atoms with van der Waals surface area (Å²) in [5.41, 5.74) is 4.96. The van der Waals surface area contributed by atoms with Crippen molar-refractivity contribution in [3.05, 3.63) is 58.1 Å². The quantitative estimate of drug-likeness (QED) is 0.473. The van der Waals surface area contributed by atoms with E-state index in [0.29, 0.717) is 12.1 Å². The van der Waals surface area contributed by atoms with Crippen molar-refractivity contribution >= 4 is 37.8 Å². The Labute approximate surface area is 183 Å². The molecule has 0 aliphatic heterocycles. The monoisotopic (exact) mass is 498 g/mol. The number of hydrogen-bond donors (Lipinski definition) is 3. The van der Waals surface area contributed by atoms with Crippen LogP contribution in [-0.4, -0.2) is 59.4 Å². The predicted molar refractivity (Wildman–Crippen MR) is 116 cm³/mol. The van der Waals surface area contributed by atoms with Crippen LogP contribution >= 0.6 is 15.9 Å². The molecule has 162 valence electrons. The molecule has 0 bridgehead atoms. The molecular weight excluding hydrogens is 476 g/mol. The second-order valence-electron chi connectivity index (χ2n) is 6.48. The maximum atomic E-state index is 12.6. The van der Waals surface area contributed by atoms with Crippen LogP contribution in [0.15, 0.2) is 51.8 Å². The number of ether oxygens (including phenoxy) is 1. The molecule has 0 radical (unpaired) electrons. The highest BCUT2D eigenvalue weighted by molar-refractivity contribution is 9.10. The summed E-state index contributed by atoms with van der Waals surface area (Å²) in [5, 5.41) is 0. The van der Waals surface area contributed by atoms with Gasteiger partial charge in [-0.1, -0.05) is 15.9 Å². The van der Waals surface area contributed by atoms with E-state index >= 15 is 0 Å². The number of likely N-dealkylation sites (N-methyl/N-ethyl adjacent to an activating group) is 1.